The van der Waals surface area contributed by atoms with Crippen molar-refractivity contribution in [1.82, 2.24) is 9.78 Å². The maximum absolute atomic E-state index is 11.0. The number of carboxylic acid groups (broad SMARTS) is 1. The molecule has 2 N–H and O–H groups in total. The normalized spacial score (nSPS) is 9.89. The molecule has 0 atom stereocenters. The molecule has 2 rings (SSSR count). The molecule has 0 spiro atoms. The van der Waals surface area contributed by atoms with E-state index in [-0.39, 0.29) is 12.1 Å². The van der Waals surface area contributed by atoms with Gasteiger partial charge in [0.25, 0.3) is 0 Å². The van der Waals surface area contributed by atoms with Gasteiger partial charge in [0.2, 0.25) is 0 Å². The summed E-state index contributed by atoms with van der Waals surface area (Å²) in [6.45, 7) is 0.289. The Hall–Kier alpha value is -2.81. The van der Waals surface area contributed by atoms with Gasteiger partial charge in [0.05, 0.1) is 29.7 Å². The summed E-state index contributed by atoms with van der Waals surface area (Å²) < 4.78 is 1.51. The molecule has 0 bridgehead atoms. The molecule has 0 aliphatic heterocycles. The van der Waals surface area contributed by atoms with Crippen LogP contribution in [0, 0.1) is 11.3 Å². The third-order valence-electron chi connectivity index (χ3n) is 2.79. The molecular weight excluding hydrogens is 244 g/mol. The molecular formula is C13H12N4O2. The van der Waals surface area contributed by atoms with Gasteiger partial charge in [-0.15, -0.1) is 0 Å². The first kappa shape index (κ1) is 12.6. The highest BCUT2D eigenvalue weighted by Crippen LogP contribution is 2.16. The molecule has 0 fully saturated rings. The number of para-hydroxylation sites is 1. The predicted octanol–water partition coefficient (Wildman–Crippen LogP) is 1.60. The summed E-state index contributed by atoms with van der Waals surface area (Å²) in [6.07, 6.45) is 1.32. The van der Waals surface area contributed by atoms with E-state index in [1.54, 1.807) is 25.2 Å². The van der Waals surface area contributed by atoms with E-state index in [9.17, 15) is 4.79 Å². The van der Waals surface area contributed by atoms with Gasteiger partial charge in [0, 0.05) is 7.05 Å². The average Bonchev–Trinajstić information content (AvgIpc) is 2.78. The molecule has 0 aliphatic carbocycles. The van der Waals surface area contributed by atoms with Crippen molar-refractivity contribution in [3.8, 4) is 6.07 Å². The molecule has 96 valence electrons. The third-order valence-corrected chi connectivity index (χ3v) is 2.79. The van der Waals surface area contributed by atoms with Gasteiger partial charge in [-0.1, -0.05) is 12.1 Å². The van der Waals surface area contributed by atoms with Gasteiger partial charge >= 0.3 is 5.97 Å². The number of nitrogens with one attached hydrogen (secondary N) is 1. The van der Waals surface area contributed by atoms with Gasteiger partial charge in [-0.2, -0.15) is 10.4 Å². The number of nitrogens with zero attached hydrogens (tertiary/aromatic N) is 3. The molecule has 0 saturated heterocycles. The summed E-state index contributed by atoms with van der Waals surface area (Å²) in [4.78, 5) is 11.0. The summed E-state index contributed by atoms with van der Waals surface area (Å²) in [5.41, 5.74) is 1.90. The van der Waals surface area contributed by atoms with Crippen molar-refractivity contribution in [1.29, 1.82) is 5.26 Å². The van der Waals surface area contributed by atoms with Crippen LogP contribution >= 0.6 is 0 Å². The molecule has 0 saturated carbocycles. The minimum atomic E-state index is -1.02. The summed E-state index contributed by atoms with van der Waals surface area (Å²) in [7, 11) is 1.68. The SMILES string of the molecule is Cn1ncc(C(=O)O)c1CNc1ccccc1C#N. The van der Waals surface area contributed by atoms with Crippen LogP contribution in [0.3, 0.4) is 0 Å². The topological polar surface area (TPSA) is 90.9 Å². The molecule has 0 amide bonds. The van der Waals surface area contributed by atoms with E-state index in [0.29, 0.717) is 16.9 Å². The third kappa shape index (κ3) is 2.55. The van der Waals surface area contributed by atoms with Gasteiger partial charge in [-0.3, -0.25) is 4.68 Å². The largest absolute Gasteiger partial charge is 0.478 e. The van der Waals surface area contributed by atoms with Gasteiger partial charge in [0.15, 0.2) is 0 Å². The van der Waals surface area contributed by atoms with Crippen molar-refractivity contribution in [2.45, 2.75) is 6.54 Å². The van der Waals surface area contributed by atoms with Crippen LogP contribution in [-0.4, -0.2) is 20.9 Å². The lowest BCUT2D eigenvalue weighted by atomic mass is 10.2. The number of rotatable bonds is 4. The van der Waals surface area contributed by atoms with E-state index in [1.807, 2.05) is 6.07 Å². The molecule has 0 aliphatic rings. The summed E-state index contributed by atoms with van der Waals surface area (Å²) in [6, 6.07) is 9.13. The zero-order valence-corrected chi connectivity index (χ0v) is 10.3. The van der Waals surface area contributed by atoms with Crippen molar-refractivity contribution in [3.63, 3.8) is 0 Å². The number of benzene rings is 1. The fourth-order valence-corrected chi connectivity index (χ4v) is 1.76. The number of nitriles is 1. The monoisotopic (exact) mass is 256 g/mol. The smallest absolute Gasteiger partial charge is 0.339 e. The maximum Gasteiger partial charge on any atom is 0.339 e. The Kier molecular flexibility index (Phi) is 3.48. The molecule has 1 aromatic carbocycles. The van der Waals surface area contributed by atoms with Crippen LogP contribution in [0.1, 0.15) is 21.6 Å². The number of aryl methyl sites for hydroxylation is 1. The van der Waals surface area contributed by atoms with Crippen LogP contribution in [0.5, 0.6) is 0 Å². The fraction of sp³-hybridized carbons (Fsp3) is 0.154. The molecule has 2 aromatic rings. The number of anilines is 1. The Balaban J connectivity index is 2.22. The van der Waals surface area contributed by atoms with Gasteiger partial charge in [-0.05, 0) is 12.1 Å². The lowest BCUT2D eigenvalue weighted by Gasteiger charge is -2.09. The number of aromatic carboxylic acids is 1. The second kappa shape index (κ2) is 5.23. The predicted molar refractivity (Wildman–Crippen MR) is 68.7 cm³/mol. The van der Waals surface area contributed by atoms with E-state index in [1.165, 1.54) is 10.9 Å². The van der Waals surface area contributed by atoms with Crippen LogP contribution in [0.2, 0.25) is 0 Å². The molecule has 6 heteroatoms. The first-order valence-electron chi connectivity index (χ1n) is 5.60. The quantitative estimate of drug-likeness (QED) is 0.867. The second-order valence-electron chi connectivity index (χ2n) is 3.94. The van der Waals surface area contributed by atoms with Crippen LogP contribution < -0.4 is 5.32 Å². The van der Waals surface area contributed by atoms with Crippen molar-refractivity contribution in [3.05, 3.63) is 47.3 Å². The van der Waals surface area contributed by atoms with Crippen LogP contribution in [0.15, 0.2) is 30.5 Å². The van der Waals surface area contributed by atoms with Gasteiger partial charge in [-0.25, -0.2) is 4.79 Å². The standard InChI is InChI=1S/C13H12N4O2/c1-17-12(10(7-16-17)13(18)19)8-15-11-5-3-2-4-9(11)6-14/h2-5,7,15H,8H2,1H3,(H,18,19). The first-order chi connectivity index (χ1) is 9.13. The van der Waals surface area contributed by atoms with Crippen molar-refractivity contribution in [2.24, 2.45) is 7.05 Å². The summed E-state index contributed by atoms with van der Waals surface area (Å²) >= 11 is 0. The Morgan fingerprint density at radius 3 is 2.95 bits per heavy atom. The van der Waals surface area contributed by atoms with Crippen LogP contribution in [0.4, 0.5) is 5.69 Å². The molecule has 6 nitrogen and oxygen atoms in total. The second-order valence-corrected chi connectivity index (χ2v) is 3.94. The molecule has 0 unspecified atom stereocenters. The van der Waals surface area contributed by atoms with E-state index in [0.717, 1.165) is 0 Å². The number of carbonyl (C=O) groups is 1. The summed E-state index contributed by atoms with van der Waals surface area (Å²) in [5, 5.41) is 25.0. The average molecular weight is 256 g/mol. The number of carboxylic acids is 1. The maximum atomic E-state index is 11.0. The van der Waals surface area contributed by atoms with E-state index < -0.39 is 5.97 Å². The Morgan fingerprint density at radius 2 is 2.26 bits per heavy atom. The van der Waals surface area contributed by atoms with E-state index in [2.05, 4.69) is 16.5 Å². The Morgan fingerprint density at radius 1 is 1.53 bits per heavy atom. The lowest BCUT2D eigenvalue weighted by Crippen LogP contribution is -2.10. The number of aromatic nitrogens is 2. The molecule has 1 heterocycles. The van der Waals surface area contributed by atoms with Crippen LogP contribution in [-0.2, 0) is 13.6 Å². The van der Waals surface area contributed by atoms with E-state index in [4.69, 9.17) is 10.4 Å². The molecule has 1 aromatic heterocycles. The van der Waals surface area contributed by atoms with Crippen molar-refractivity contribution >= 4 is 11.7 Å². The number of hydrogen-bond acceptors (Lipinski definition) is 4. The highest BCUT2D eigenvalue weighted by Gasteiger charge is 2.14. The highest BCUT2D eigenvalue weighted by molar-refractivity contribution is 5.88. The zero-order chi connectivity index (χ0) is 13.8. The molecule has 0 radical (unpaired) electrons. The summed E-state index contributed by atoms with van der Waals surface area (Å²) in [5.74, 6) is -1.02. The fourth-order valence-electron chi connectivity index (χ4n) is 1.76. The first-order valence-corrected chi connectivity index (χ1v) is 5.60. The minimum absolute atomic E-state index is 0.157. The minimum Gasteiger partial charge on any atom is -0.478 e. The van der Waals surface area contributed by atoms with E-state index >= 15 is 0 Å². The zero-order valence-electron chi connectivity index (χ0n) is 10.3. The van der Waals surface area contributed by atoms with Crippen molar-refractivity contribution in [2.75, 3.05) is 5.32 Å². The Labute approximate surface area is 109 Å². The number of hydrogen-bond donors (Lipinski definition) is 2. The Bertz CT molecular complexity index is 655. The van der Waals surface area contributed by atoms with Gasteiger partial charge < -0.3 is 10.4 Å². The van der Waals surface area contributed by atoms with Gasteiger partial charge in [0.1, 0.15) is 11.6 Å². The van der Waals surface area contributed by atoms with Crippen molar-refractivity contribution < 1.29 is 9.90 Å². The highest BCUT2D eigenvalue weighted by atomic mass is 16.4. The van der Waals surface area contributed by atoms with Crippen LogP contribution in [0.25, 0.3) is 0 Å². The molecule has 19 heavy (non-hydrogen) atoms. The lowest BCUT2D eigenvalue weighted by molar-refractivity contribution is 0.0695.